The Labute approximate surface area is 100.0 Å². The van der Waals surface area contributed by atoms with Crippen LogP contribution >= 0.6 is 15.9 Å². The Morgan fingerprint density at radius 3 is 2.80 bits per heavy atom. The number of rotatable bonds is 2. The molecule has 0 saturated carbocycles. The molecule has 1 saturated heterocycles. The average Bonchev–Trinajstić information content (AvgIpc) is 2.62. The van der Waals surface area contributed by atoms with Crippen LogP contribution in [0.1, 0.15) is 30.9 Å². The SMILES string of the molecule is Cc1ccccc1C1(C)CCC(CBr)O1. The van der Waals surface area contributed by atoms with Crippen molar-refractivity contribution in [3.8, 4) is 0 Å². The van der Waals surface area contributed by atoms with Crippen LogP contribution in [-0.4, -0.2) is 11.4 Å². The second kappa shape index (κ2) is 4.26. The van der Waals surface area contributed by atoms with E-state index in [9.17, 15) is 0 Å². The highest BCUT2D eigenvalue weighted by atomic mass is 79.9. The van der Waals surface area contributed by atoms with Crippen LogP contribution in [0.3, 0.4) is 0 Å². The number of benzene rings is 1. The third-order valence-corrected chi connectivity index (χ3v) is 3.98. The zero-order valence-electron chi connectivity index (χ0n) is 9.29. The summed E-state index contributed by atoms with van der Waals surface area (Å²) in [6, 6.07) is 8.52. The summed E-state index contributed by atoms with van der Waals surface area (Å²) in [5.41, 5.74) is 2.59. The van der Waals surface area contributed by atoms with Gasteiger partial charge in [-0.2, -0.15) is 0 Å². The lowest BCUT2D eigenvalue weighted by molar-refractivity contribution is -0.0224. The quantitative estimate of drug-likeness (QED) is 0.742. The molecule has 2 unspecified atom stereocenters. The van der Waals surface area contributed by atoms with Gasteiger partial charge in [0.05, 0.1) is 11.7 Å². The fourth-order valence-electron chi connectivity index (χ4n) is 2.40. The Morgan fingerprint density at radius 2 is 2.20 bits per heavy atom. The first-order chi connectivity index (χ1) is 7.15. The molecule has 1 aromatic carbocycles. The standard InChI is InChI=1S/C13H17BrO/c1-10-5-3-4-6-12(10)13(2)8-7-11(9-14)15-13/h3-6,11H,7-9H2,1-2H3. The van der Waals surface area contributed by atoms with E-state index in [-0.39, 0.29) is 5.60 Å². The average molecular weight is 269 g/mol. The molecule has 0 aromatic heterocycles. The van der Waals surface area contributed by atoms with Crippen LogP contribution in [0.4, 0.5) is 0 Å². The molecule has 0 bridgehead atoms. The van der Waals surface area contributed by atoms with Crippen molar-refractivity contribution in [1.82, 2.24) is 0 Å². The van der Waals surface area contributed by atoms with E-state index in [2.05, 4.69) is 54.0 Å². The first-order valence-electron chi connectivity index (χ1n) is 5.45. The number of hydrogen-bond donors (Lipinski definition) is 0. The van der Waals surface area contributed by atoms with Crippen LogP contribution in [0, 0.1) is 6.92 Å². The molecule has 2 atom stereocenters. The first kappa shape index (κ1) is 11.2. The highest BCUT2D eigenvalue weighted by Crippen LogP contribution is 2.40. The van der Waals surface area contributed by atoms with Gasteiger partial charge in [0.15, 0.2) is 0 Å². The van der Waals surface area contributed by atoms with E-state index >= 15 is 0 Å². The second-order valence-electron chi connectivity index (χ2n) is 4.48. The van der Waals surface area contributed by atoms with Gasteiger partial charge in [-0.1, -0.05) is 40.2 Å². The molecule has 2 rings (SSSR count). The fourth-order valence-corrected chi connectivity index (χ4v) is 2.85. The van der Waals surface area contributed by atoms with Crippen molar-refractivity contribution >= 4 is 15.9 Å². The third-order valence-electron chi connectivity index (χ3n) is 3.26. The summed E-state index contributed by atoms with van der Waals surface area (Å²) in [7, 11) is 0. The summed E-state index contributed by atoms with van der Waals surface area (Å²) in [6.45, 7) is 4.36. The molecule has 0 amide bonds. The topological polar surface area (TPSA) is 9.23 Å². The largest absolute Gasteiger partial charge is 0.366 e. The molecular weight excluding hydrogens is 252 g/mol. The Hall–Kier alpha value is -0.340. The lowest BCUT2D eigenvalue weighted by atomic mass is 9.89. The third kappa shape index (κ3) is 2.11. The van der Waals surface area contributed by atoms with E-state index in [1.54, 1.807) is 0 Å². The molecule has 2 heteroatoms. The molecule has 0 radical (unpaired) electrons. The molecule has 1 aromatic rings. The minimum absolute atomic E-state index is 0.0796. The zero-order valence-corrected chi connectivity index (χ0v) is 10.9. The molecule has 0 N–H and O–H groups in total. The Balaban J connectivity index is 2.27. The molecule has 82 valence electrons. The van der Waals surface area contributed by atoms with Gasteiger partial charge >= 0.3 is 0 Å². The molecule has 1 aliphatic heterocycles. The number of ether oxygens (including phenoxy) is 1. The molecule has 15 heavy (non-hydrogen) atoms. The molecular formula is C13H17BrO. The van der Waals surface area contributed by atoms with Crippen LogP contribution in [0.2, 0.25) is 0 Å². The van der Waals surface area contributed by atoms with Crippen LogP contribution in [0.5, 0.6) is 0 Å². The molecule has 1 fully saturated rings. The first-order valence-corrected chi connectivity index (χ1v) is 6.58. The number of alkyl halides is 1. The van der Waals surface area contributed by atoms with Gasteiger partial charge in [0.2, 0.25) is 0 Å². The zero-order chi connectivity index (χ0) is 10.9. The minimum Gasteiger partial charge on any atom is -0.366 e. The highest BCUT2D eigenvalue weighted by molar-refractivity contribution is 9.09. The van der Waals surface area contributed by atoms with E-state index in [1.165, 1.54) is 11.1 Å². The Morgan fingerprint density at radius 1 is 1.47 bits per heavy atom. The van der Waals surface area contributed by atoms with Crippen molar-refractivity contribution < 1.29 is 4.74 Å². The Kier molecular flexibility index (Phi) is 3.17. The minimum atomic E-state index is -0.0796. The van der Waals surface area contributed by atoms with E-state index in [4.69, 9.17) is 4.74 Å². The van der Waals surface area contributed by atoms with Gasteiger partial charge in [-0.15, -0.1) is 0 Å². The number of halogens is 1. The van der Waals surface area contributed by atoms with E-state index in [0.717, 1.165) is 18.2 Å². The Bertz CT molecular complexity index is 350. The van der Waals surface area contributed by atoms with Crippen molar-refractivity contribution in [2.24, 2.45) is 0 Å². The van der Waals surface area contributed by atoms with E-state index in [0.29, 0.717) is 6.10 Å². The molecule has 1 nitrogen and oxygen atoms in total. The highest BCUT2D eigenvalue weighted by Gasteiger charge is 2.37. The van der Waals surface area contributed by atoms with Gasteiger partial charge in [-0.05, 0) is 37.8 Å². The van der Waals surface area contributed by atoms with Gasteiger partial charge in [0, 0.05) is 5.33 Å². The predicted molar refractivity (Wildman–Crippen MR) is 66.4 cm³/mol. The van der Waals surface area contributed by atoms with Crippen LogP contribution in [0.25, 0.3) is 0 Å². The van der Waals surface area contributed by atoms with Crippen molar-refractivity contribution in [1.29, 1.82) is 0 Å². The lowest BCUT2D eigenvalue weighted by Crippen LogP contribution is -2.23. The van der Waals surface area contributed by atoms with Crippen LogP contribution < -0.4 is 0 Å². The fraction of sp³-hybridized carbons (Fsp3) is 0.538. The van der Waals surface area contributed by atoms with Crippen molar-refractivity contribution in [2.75, 3.05) is 5.33 Å². The van der Waals surface area contributed by atoms with E-state index < -0.39 is 0 Å². The summed E-state index contributed by atoms with van der Waals surface area (Å²) in [4.78, 5) is 0. The molecule has 0 spiro atoms. The van der Waals surface area contributed by atoms with Gasteiger partial charge in [0.1, 0.15) is 0 Å². The van der Waals surface area contributed by atoms with Crippen molar-refractivity contribution in [2.45, 2.75) is 38.4 Å². The molecule has 1 heterocycles. The molecule has 0 aliphatic carbocycles. The number of hydrogen-bond acceptors (Lipinski definition) is 1. The van der Waals surface area contributed by atoms with Crippen LogP contribution in [-0.2, 0) is 10.3 Å². The maximum atomic E-state index is 6.12. The number of aryl methyl sites for hydroxylation is 1. The normalized spacial score (nSPS) is 30.7. The summed E-state index contributed by atoms with van der Waals surface area (Å²) >= 11 is 3.49. The van der Waals surface area contributed by atoms with Gasteiger partial charge < -0.3 is 4.74 Å². The maximum absolute atomic E-state index is 6.12. The molecule has 1 aliphatic rings. The van der Waals surface area contributed by atoms with E-state index in [1.807, 2.05) is 0 Å². The van der Waals surface area contributed by atoms with Gasteiger partial charge in [-0.3, -0.25) is 0 Å². The lowest BCUT2D eigenvalue weighted by Gasteiger charge is -2.26. The van der Waals surface area contributed by atoms with Crippen molar-refractivity contribution in [3.05, 3.63) is 35.4 Å². The second-order valence-corrected chi connectivity index (χ2v) is 5.13. The summed E-state index contributed by atoms with van der Waals surface area (Å²) in [5.74, 6) is 0. The predicted octanol–water partition coefficient (Wildman–Crippen LogP) is 3.78. The van der Waals surface area contributed by atoms with Crippen molar-refractivity contribution in [3.63, 3.8) is 0 Å². The summed E-state index contributed by atoms with van der Waals surface area (Å²) in [6.07, 6.45) is 2.64. The smallest absolute Gasteiger partial charge is 0.0911 e. The van der Waals surface area contributed by atoms with Crippen LogP contribution in [0.15, 0.2) is 24.3 Å². The maximum Gasteiger partial charge on any atom is 0.0911 e. The monoisotopic (exact) mass is 268 g/mol. The summed E-state index contributed by atoms with van der Waals surface area (Å²) < 4.78 is 6.12. The van der Waals surface area contributed by atoms with Gasteiger partial charge in [0.25, 0.3) is 0 Å². The summed E-state index contributed by atoms with van der Waals surface area (Å²) in [5, 5.41) is 0.939. The van der Waals surface area contributed by atoms with Gasteiger partial charge in [-0.25, -0.2) is 0 Å².